The molecule has 1 unspecified atom stereocenters. The number of benzene rings is 2. The number of aryl methyl sites for hydroxylation is 2. The van der Waals surface area contributed by atoms with E-state index < -0.39 is 11.9 Å². The van der Waals surface area contributed by atoms with Gasteiger partial charge in [0.1, 0.15) is 5.92 Å². The van der Waals surface area contributed by atoms with Crippen LogP contribution in [-0.2, 0) is 4.79 Å². The first kappa shape index (κ1) is 12.4. The number of hydrogen-bond acceptors (Lipinski definition) is 1. The van der Waals surface area contributed by atoms with E-state index in [-0.39, 0.29) is 0 Å². The fourth-order valence-corrected chi connectivity index (χ4v) is 2.09. The minimum atomic E-state index is -0.815. The number of aliphatic carboxylic acids is 1. The maximum atomic E-state index is 11.5. The van der Waals surface area contributed by atoms with Gasteiger partial charge in [-0.3, -0.25) is 4.79 Å². The molecule has 0 aromatic heterocycles. The number of carbonyl (C=O) groups is 1. The van der Waals surface area contributed by atoms with E-state index in [1.54, 1.807) is 0 Å². The van der Waals surface area contributed by atoms with E-state index in [0.29, 0.717) is 0 Å². The van der Waals surface area contributed by atoms with E-state index in [4.69, 9.17) is 0 Å². The topological polar surface area (TPSA) is 37.3 Å². The average Bonchev–Trinajstić information content (AvgIpc) is 2.32. The summed E-state index contributed by atoms with van der Waals surface area (Å²) in [5.74, 6) is -1.41. The fraction of sp³-hybridized carbons (Fsp3) is 0.188. The molecule has 2 rings (SSSR count). The minimum Gasteiger partial charge on any atom is -0.481 e. The highest BCUT2D eigenvalue weighted by atomic mass is 16.4. The summed E-state index contributed by atoms with van der Waals surface area (Å²) >= 11 is 0. The van der Waals surface area contributed by atoms with E-state index in [1.165, 1.54) is 0 Å². The molecule has 0 amide bonds. The van der Waals surface area contributed by atoms with Crippen molar-refractivity contribution in [2.75, 3.05) is 0 Å². The lowest BCUT2D eigenvalue weighted by Gasteiger charge is -2.14. The Balaban J connectivity index is 2.46. The molecular formula is C16H16O2. The van der Waals surface area contributed by atoms with Gasteiger partial charge < -0.3 is 5.11 Å². The van der Waals surface area contributed by atoms with Crippen LogP contribution in [0.3, 0.4) is 0 Å². The second-order valence-electron chi connectivity index (χ2n) is 4.60. The molecule has 92 valence electrons. The van der Waals surface area contributed by atoms with E-state index in [1.807, 2.05) is 62.4 Å². The van der Waals surface area contributed by atoms with Crippen LogP contribution in [0.4, 0.5) is 0 Å². The fourth-order valence-electron chi connectivity index (χ4n) is 2.09. The van der Waals surface area contributed by atoms with Crippen LogP contribution >= 0.6 is 0 Å². The Morgan fingerprint density at radius 1 is 0.944 bits per heavy atom. The first-order valence-electron chi connectivity index (χ1n) is 5.94. The van der Waals surface area contributed by atoms with E-state index >= 15 is 0 Å². The largest absolute Gasteiger partial charge is 0.481 e. The van der Waals surface area contributed by atoms with Gasteiger partial charge in [-0.15, -0.1) is 0 Å². The lowest BCUT2D eigenvalue weighted by molar-refractivity contribution is -0.137. The average molecular weight is 240 g/mol. The number of hydrogen-bond donors (Lipinski definition) is 1. The highest BCUT2D eigenvalue weighted by Crippen LogP contribution is 2.25. The Bertz CT molecular complexity index is 556. The molecule has 1 N–H and O–H groups in total. The zero-order valence-corrected chi connectivity index (χ0v) is 10.6. The van der Waals surface area contributed by atoms with Crippen molar-refractivity contribution in [3.63, 3.8) is 0 Å². The Hall–Kier alpha value is -2.09. The predicted molar refractivity (Wildman–Crippen MR) is 71.8 cm³/mol. The van der Waals surface area contributed by atoms with Crippen molar-refractivity contribution < 1.29 is 9.90 Å². The van der Waals surface area contributed by atoms with Crippen molar-refractivity contribution >= 4 is 5.97 Å². The number of carboxylic acid groups (broad SMARTS) is 1. The quantitative estimate of drug-likeness (QED) is 0.891. The molecule has 0 spiro atoms. The maximum Gasteiger partial charge on any atom is 0.315 e. The molecule has 2 nitrogen and oxygen atoms in total. The van der Waals surface area contributed by atoms with Crippen molar-refractivity contribution in [1.82, 2.24) is 0 Å². The van der Waals surface area contributed by atoms with Gasteiger partial charge in [0, 0.05) is 0 Å². The number of rotatable bonds is 3. The monoisotopic (exact) mass is 240 g/mol. The van der Waals surface area contributed by atoms with Gasteiger partial charge in [0.15, 0.2) is 0 Å². The van der Waals surface area contributed by atoms with Crippen LogP contribution < -0.4 is 0 Å². The van der Waals surface area contributed by atoms with Gasteiger partial charge >= 0.3 is 5.97 Å². The molecule has 0 radical (unpaired) electrons. The van der Waals surface area contributed by atoms with Crippen LogP contribution in [0.5, 0.6) is 0 Å². The molecule has 18 heavy (non-hydrogen) atoms. The van der Waals surface area contributed by atoms with Gasteiger partial charge in [0.05, 0.1) is 0 Å². The van der Waals surface area contributed by atoms with Crippen LogP contribution in [0.15, 0.2) is 48.5 Å². The first-order valence-corrected chi connectivity index (χ1v) is 5.94. The standard InChI is InChI=1S/C16H16O2/c1-11-6-8-13(9-7-11)15(16(17)18)14-5-3-4-12(2)10-14/h3-10,15H,1-2H3,(H,17,18). The number of carboxylic acids is 1. The van der Waals surface area contributed by atoms with Crippen molar-refractivity contribution in [3.8, 4) is 0 Å². The first-order chi connectivity index (χ1) is 8.58. The summed E-state index contributed by atoms with van der Waals surface area (Å²) in [6.07, 6.45) is 0. The van der Waals surface area contributed by atoms with Crippen LogP contribution in [-0.4, -0.2) is 11.1 Å². The second kappa shape index (κ2) is 5.05. The minimum absolute atomic E-state index is 0.592. The molecule has 0 aliphatic carbocycles. The van der Waals surface area contributed by atoms with Gasteiger partial charge in [-0.25, -0.2) is 0 Å². The van der Waals surface area contributed by atoms with E-state index in [2.05, 4.69) is 0 Å². The zero-order chi connectivity index (χ0) is 13.1. The summed E-state index contributed by atoms with van der Waals surface area (Å²) in [7, 11) is 0. The molecule has 0 bridgehead atoms. The van der Waals surface area contributed by atoms with Crippen LogP contribution in [0.2, 0.25) is 0 Å². The van der Waals surface area contributed by atoms with Gasteiger partial charge in [-0.05, 0) is 25.0 Å². The SMILES string of the molecule is Cc1ccc(C(C(=O)O)c2cccc(C)c2)cc1. The molecule has 2 heteroatoms. The van der Waals surface area contributed by atoms with Gasteiger partial charge in [0.2, 0.25) is 0 Å². The Morgan fingerprint density at radius 2 is 1.61 bits per heavy atom. The predicted octanol–water partition coefficient (Wildman–Crippen LogP) is 3.52. The van der Waals surface area contributed by atoms with Crippen molar-refractivity contribution in [2.45, 2.75) is 19.8 Å². The molecule has 0 saturated carbocycles. The van der Waals surface area contributed by atoms with Crippen LogP contribution in [0, 0.1) is 13.8 Å². The summed E-state index contributed by atoms with van der Waals surface area (Å²) in [5, 5.41) is 9.44. The molecule has 0 saturated heterocycles. The molecule has 0 fully saturated rings. The summed E-state index contributed by atoms with van der Waals surface area (Å²) in [4.78, 5) is 11.5. The molecular weight excluding hydrogens is 224 g/mol. The summed E-state index contributed by atoms with van der Waals surface area (Å²) in [6.45, 7) is 3.96. The Kier molecular flexibility index (Phi) is 3.47. The molecule has 2 aromatic rings. The Morgan fingerprint density at radius 3 is 2.17 bits per heavy atom. The normalized spacial score (nSPS) is 12.1. The summed E-state index contributed by atoms with van der Waals surface area (Å²) < 4.78 is 0. The zero-order valence-electron chi connectivity index (χ0n) is 10.6. The highest BCUT2D eigenvalue weighted by Gasteiger charge is 2.21. The van der Waals surface area contributed by atoms with Gasteiger partial charge in [0.25, 0.3) is 0 Å². The van der Waals surface area contributed by atoms with Crippen molar-refractivity contribution in [2.24, 2.45) is 0 Å². The van der Waals surface area contributed by atoms with Crippen molar-refractivity contribution in [3.05, 3.63) is 70.8 Å². The summed E-state index contributed by atoms with van der Waals surface area (Å²) in [5.41, 5.74) is 3.85. The maximum absolute atomic E-state index is 11.5. The van der Waals surface area contributed by atoms with Gasteiger partial charge in [-0.2, -0.15) is 0 Å². The molecule has 0 heterocycles. The third kappa shape index (κ3) is 2.59. The smallest absolute Gasteiger partial charge is 0.315 e. The molecule has 1 atom stereocenters. The van der Waals surface area contributed by atoms with Gasteiger partial charge in [-0.1, -0.05) is 59.7 Å². The van der Waals surface area contributed by atoms with E-state index in [9.17, 15) is 9.90 Å². The molecule has 0 aliphatic heterocycles. The van der Waals surface area contributed by atoms with Crippen molar-refractivity contribution in [1.29, 1.82) is 0 Å². The third-order valence-corrected chi connectivity index (χ3v) is 3.03. The van der Waals surface area contributed by atoms with E-state index in [0.717, 1.165) is 22.3 Å². The second-order valence-corrected chi connectivity index (χ2v) is 4.60. The Labute approximate surface area is 107 Å². The third-order valence-electron chi connectivity index (χ3n) is 3.03. The summed E-state index contributed by atoms with van der Waals surface area (Å²) in [6, 6.07) is 15.3. The molecule has 2 aromatic carbocycles. The lowest BCUT2D eigenvalue weighted by atomic mass is 9.90. The van der Waals surface area contributed by atoms with Crippen LogP contribution in [0.1, 0.15) is 28.2 Å². The van der Waals surface area contributed by atoms with Crippen LogP contribution in [0.25, 0.3) is 0 Å². The highest BCUT2D eigenvalue weighted by molar-refractivity contribution is 5.80. The lowest BCUT2D eigenvalue weighted by Crippen LogP contribution is -2.13. The molecule has 0 aliphatic rings.